The van der Waals surface area contributed by atoms with Crippen LogP contribution < -0.4 is 5.32 Å². The smallest absolute Gasteiger partial charge is 0.251 e. The average Bonchev–Trinajstić information content (AvgIpc) is 2.20. The van der Waals surface area contributed by atoms with Crippen molar-refractivity contribution in [3.63, 3.8) is 0 Å². The summed E-state index contributed by atoms with van der Waals surface area (Å²) in [5, 5.41) is 12.4. The van der Waals surface area contributed by atoms with Gasteiger partial charge in [0, 0.05) is 12.1 Å². The number of benzene rings is 1. The molecule has 1 amide bonds. The minimum atomic E-state index is -0.138. The quantitative estimate of drug-likeness (QED) is 0.826. The fraction of sp³-hybridized carbons (Fsp3) is 0.462. The zero-order chi connectivity index (χ0) is 13.1. The van der Waals surface area contributed by atoms with E-state index < -0.39 is 0 Å². The van der Waals surface area contributed by atoms with Crippen LogP contribution in [-0.4, -0.2) is 17.6 Å². The summed E-state index contributed by atoms with van der Waals surface area (Å²) in [4.78, 5) is 11.8. The van der Waals surface area contributed by atoms with Gasteiger partial charge in [0.15, 0.2) is 0 Å². The molecule has 0 atom stereocenters. The molecule has 0 spiro atoms. The topological polar surface area (TPSA) is 49.3 Å². The van der Waals surface area contributed by atoms with Crippen molar-refractivity contribution in [2.75, 3.05) is 6.54 Å². The van der Waals surface area contributed by atoms with Gasteiger partial charge in [0.1, 0.15) is 5.75 Å². The number of halogens is 1. The Morgan fingerprint density at radius 2 is 2.06 bits per heavy atom. The fourth-order valence-electron chi connectivity index (χ4n) is 1.31. The highest BCUT2D eigenvalue weighted by molar-refractivity contribution is 14.1. The van der Waals surface area contributed by atoms with Crippen molar-refractivity contribution in [1.29, 1.82) is 0 Å². The molecule has 0 saturated heterocycles. The number of hydrogen-bond donors (Lipinski definition) is 2. The molecule has 0 aromatic heterocycles. The first-order valence-corrected chi connectivity index (χ1v) is 6.64. The van der Waals surface area contributed by atoms with Crippen LogP contribution in [-0.2, 0) is 0 Å². The normalized spacial score (nSPS) is 11.3. The Balaban J connectivity index is 2.56. The standard InChI is InChI=1S/C13H18INO2/c1-13(2,3)6-7-15-12(17)9-4-5-10(14)11(16)8-9/h4-5,8,16H,6-7H2,1-3H3,(H,15,17). The second-order valence-electron chi connectivity index (χ2n) is 5.23. The summed E-state index contributed by atoms with van der Waals surface area (Å²) < 4.78 is 0.744. The van der Waals surface area contributed by atoms with Gasteiger partial charge in [-0.3, -0.25) is 4.79 Å². The third-order valence-electron chi connectivity index (χ3n) is 2.37. The number of nitrogens with one attached hydrogen (secondary N) is 1. The van der Waals surface area contributed by atoms with Crippen LogP contribution in [0.4, 0.5) is 0 Å². The predicted octanol–water partition coefficient (Wildman–Crippen LogP) is 3.16. The van der Waals surface area contributed by atoms with Crippen LogP contribution in [0.5, 0.6) is 5.75 Å². The molecule has 0 heterocycles. The summed E-state index contributed by atoms with van der Waals surface area (Å²) >= 11 is 2.02. The first-order valence-electron chi connectivity index (χ1n) is 5.56. The molecule has 0 aliphatic rings. The van der Waals surface area contributed by atoms with Gasteiger partial charge in [-0.2, -0.15) is 0 Å². The second-order valence-corrected chi connectivity index (χ2v) is 6.39. The lowest BCUT2D eigenvalue weighted by Gasteiger charge is -2.18. The van der Waals surface area contributed by atoms with Crippen molar-refractivity contribution < 1.29 is 9.90 Å². The minimum absolute atomic E-state index is 0.138. The predicted molar refractivity (Wildman–Crippen MR) is 77.2 cm³/mol. The first-order chi connectivity index (χ1) is 7.79. The highest BCUT2D eigenvalue weighted by atomic mass is 127. The lowest BCUT2D eigenvalue weighted by molar-refractivity contribution is 0.0949. The molecule has 0 unspecified atom stereocenters. The number of carbonyl (C=O) groups is 1. The van der Waals surface area contributed by atoms with Crippen molar-refractivity contribution in [2.45, 2.75) is 27.2 Å². The number of hydrogen-bond acceptors (Lipinski definition) is 2. The molecule has 0 aliphatic heterocycles. The van der Waals surface area contributed by atoms with Gasteiger partial charge in [0.2, 0.25) is 0 Å². The molecule has 1 aromatic rings. The molecule has 1 aromatic carbocycles. The van der Waals surface area contributed by atoms with Crippen molar-refractivity contribution in [3.05, 3.63) is 27.3 Å². The van der Waals surface area contributed by atoms with Crippen LogP contribution in [0, 0.1) is 8.99 Å². The van der Waals surface area contributed by atoms with E-state index in [1.165, 1.54) is 6.07 Å². The molecular weight excluding hydrogens is 329 g/mol. The maximum Gasteiger partial charge on any atom is 0.251 e. The highest BCUT2D eigenvalue weighted by Crippen LogP contribution is 2.20. The van der Waals surface area contributed by atoms with E-state index in [1.54, 1.807) is 12.1 Å². The Hall–Kier alpha value is -0.780. The SMILES string of the molecule is CC(C)(C)CCNC(=O)c1ccc(I)c(O)c1. The molecule has 17 heavy (non-hydrogen) atoms. The zero-order valence-electron chi connectivity index (χ0n) is 10.4. The summed E-state index contributed by atoms with van der Waals surface area (Å²) in [7, 11) is 0. The largest absolute Gasteiger partial charge is 0.507 e. The van der Waals surface area contributed by atoms with Crippen molar-refractivity contribution in [1.82, 2.24) is 5.32 Å². The number of phenols is 1. The number of amides is 1. The van der Waals surface area contributed by atoms with E-state index in [-0.39, 0.29) is 17.1 Å². The van der Waals surface area contributed by atoms with E-state index in [2.05, 4.69) is 26.1 Å². The lowest BCUT2D eigenvalue weighted by atomic mass is 9.92. The molecule has 4 heteroatoms. The summed E-state index contributed by atoms with van der Waals surface area (Å²) in [6.07, 6.45) is 0.926. The van der Waals surface area contributed by atoms with Gasteiger partial charge < -0.3 is 10.4 Å². The summed E-state index contributed by atoms with van der Waals surface area (Å²) in [5.41, 5.74) is 0.707. The molecule has 0 bridgehead atoms. The molecule has 0 saturated carbocycles. The van der Waals surface area contributed by atoms with Gasteiger partial charge in [0.25, 0.3) is 5.91 Å². The van der Waals surface area contributed by atoms with Gasteiger partial charge in [-0.15, -0.1) is 0 Å². The van der Waals surface area contributed by atoms with Gasteiger partial charge in [-0.05, 0) is 52.6 Å². The molecule has 0 fully saturated rings. The molecule has 2 N–H and O–H groups in total. The summed E-state index contributed by atoms with van der Waals surface area (Å²) in [5.74, 6) is 0.00928. The van der Waals surface area contributed by atoms with Crippen LogP contribution in [0.3, 0.4) is 0 Å². The molecular formula is C13H18INO2. The lowest BCUT2D eigenvalue weighted by Crippen LogP contribution is -2.27. The van der Waals surface area contributed by atoms with Crippen LogP contribution >= 0.6 is 22.6 Å². The maximum atomic E-state index is 11.8. The number of carbonyl (C=O) groups excluding carboxylic acids is 1. The molecule has 3 nitrogen and oxygen atoms in total. The van der Waals surface area contributed by atoms with Gasteiger partial charge in [0.05, 0.1) is 3.57 Å². The van der Waals surface area contributed by atoms with E-state index in [0.29, 0.717) is 12.1 Å². The zero-order valence-corrected chi connectivity index (χ0v) is 12.5. The van der Waals surface area contributed by atoms with Crippen LogP contribution in [0.15, 0.2) is 18.2 Å². The molecule has 0 radical (unpaired) electrons. The fourth-order valence-corrected chi connectivity index (χ4v) is 1.64. The van der Waals surface area contributed by atoms with E-state index in [0.717, 1.165) is 9.99 Å². The summed E-state index contributed by atoms with van der Waals surface area (Å²) in [6, 6.07) is 4.94. The van der Waals surface area contributed by atoms with Gasteiger partial charge in [-0.25, -0.2) is 0 Å². The minimum Gasteiger partial charge on any atom is -0.507 e. The second kappa shape index (κ2) is 5.71. The third-order valence-corrected chi connectivity index (χ3v) is 3.28. The third kappa shape index (κ3) is 4.93. The average molecular weight is 347 g/mol. The van der Waals surface area contributed by atoms with Crippen molar-refractivity contribution >= 4 is 28.5 Å². The number of phenolic OH excluding ortho intramolecular Hbond substituents is 1. The van der Waals surface area contributed by atoms with Gasteiger partial charge in [-0.1, -0.05) is 20.8 Å². The van der Waals surface area contributed by atoms with Crippen LogP contribution in [0.25, 0.3) is 0 Å². The number of aromatic hydroxyl groups is 1. The van der Waals surface area contributed by atoms with Gasteiger partial charge >= 0.3 is 0 Å². The maximum absolute atomic E-state index is 11.8. The van der Waals surface area contributed by atoms with E-state index >= 15 is 0 Å². The Morgan fingerprint density at radius 3 is 2.59 bits per heavy atom. The molecule has 0 aliphatic carbocycles. The van der Waals surface area contributed by atoms with Crippen LogP contribution in [0.1, 0.15) is 37.6 Å². The van der Waals surface area contributed by atoms with E-state index in [4.69, 9.17) is 0 Å². The van der Waals surface area contributed by atoms with E-state index in [1.807, 2.05) is 22.6 Å². The Labute approximate surface area is 116 Å². The van der Waals surface area contributed by atoms with Crippen molar-refractivity contribution in [2.24, 2.45) is 5.41 Å². The molecule has 1 rings (SSSR count). The van der Waals surface area contributed by atoms with Crippen LogP contribution in [0.2, 0.25) is 0 Å². The molecule has 94 valence electrons. The summed E-state index contributed by atoms with van der Waals surface area (Å²) in [6.45, 7) is 7.05. The Bertz CT molecular complexity index is 410. The Kier molecular flexibility index (Phi) is 4.80. The number of rotatable bonds is 3. The highest BCUT2D eigenvalue weighted by Gasteiger charge is 2.12. The van der Waals surface area contributed by atoms with E-state index in [9.17, 15) is 9.90 Å². The monoisotopic (exact) mass is 347 g/mol. The Morgan fingerprint density at radius 1 is 1.41 bits per heavy atom. The van der Waals surface area contributed by atoms with Crippen molar-refractivity contribution in [3.8, 4) is 5.75 Å². The first kappa shape index (κ1) is 14.3.